The van der Waals surface area contributed by atoms with Gasteiger partial charge < -0.3 is 23.9 Å². The lowest BCUT2D eigenvalue weighted by atomic mass is 9.85. The van der Waals surface area contributed by atoms with E-state index in [2.05, 4.69) is 11.3 Å². The Kier molecular flexibility index (Phi) is 11.4. The van der Waals surface area contributed by atoms with Gasteiger partial charge in [-0.05, 0) is 76.3 Å². The number of rotatable bonds is 11. The number of halogens is 1. The number of hydrogen-bond acceptors (Lipinski definition) is 8. The average Bonchev–Trinajstić information content (AvgIpc) is 3.44. The molecule has 2 unspecified atom stereocenters. The summed E-state index contributed by atoms with van der Waals surface area (Å²) in [4.78, 5) is 14.6. The van der Waals surface area contributed by atoms with Crippen molar-refractivity contribution in [2.75, 3.05) is 26.3 Å². The lowest BCUT2D eigenvalue weighted by Gasteiger charge is -2.41. The van der Waals surface area contributed by atoms with Gasteiger partial charge in [0.2, 0.25) is 0 Å². The van der Waals surface area contributed by atoms with Gasteiger partial charge in [0.1, 0.15) is 35.5 Å². The van der Waals surface area contributed by atoms with Crippen LogP contribution in [-0.4, -0.2) is 70.0 Å². The van der Waals surface area contributed by atoms with E-state index in [-0.39, 0.29) is 12.0 Å². The van der Waals surface area contributed by atoms with Gasteiger partial charge in [0, 0.05) is 41.5 Å². The molecule has 0 spiro atoms. The van der Waals surface area contributed by atoms with Crippen LogP contribution in [0.25, 0.3) is 0 Å². The molecule has 2 fully saturated rings. The minimum atomic E-state index is -1.34. The average molecular weight is 619 g/mol. The summed E-state index contributed by atoms with van der Waals surface area (Å²) < 4.78 is 33.9. The van der Waals surface area contributed by atoms with Crippen LogP contribution in [0.3, 0.4) is 0 Å². The number of carbonyl (C=O) groups excluding carboxylic acids is 1. The van der Waals surface area contributed by atoms with E-state index in [1.807, 2.05) is 50.8 Å². The first-order chi connectivity index (χ1) is 20.0. The van der Waals surface area contributed by atoms with Gasteiger partial charge >= 0.3 is 5.97 Å². The number of aryl methyl sites for hydroxylation is 1. The fourth-order valence-corrected chi connectivity index (χ4v) is 6.47. The molecule has 0 aliphatic carbocycles. The molecule has 0 bridgehead atoms. The second kappa shape index (κ2) is 14.6. The van der Waals surface area contributed by atoms with Crippen molar-refractivity contribution in [1.82, 2.24) is 9.62 Å². The number of carbonyl (C=O) groups is 1. The minimum Gasteiger partial charge on any atom is -0.598 e. The van der Waals surface area contributed by atoms with Crippen molar-refractivity contribution in [1.29, 1.82) is 0 Å². The molecule has 2 N–H and O–H groups in total. The number of ether oxygens (including phenoxy) is 3. The molecule has 2 saturated heterocycles. The molecule has 230 valence electrons. The predicted octanol–water partition coefficient (Wildman–Crippen LogP) is 5.35. The summed E-state index contributed by atoms with van der Waals surface area (Å²) >= 11 is 5.24. The third kappa shape index (κ3) is 8.08. The molecule has 4 rings (SSSR count). The summed E-state index contributed by atoms with van der Waals surface area (Å²) in [6.07, 6.45) is 1.59. The summed E-state index contributed by atoms with van der Waals surface area (Å²) in [6.45, 7) is 13.4. The van der Waals surface area contributed by atoms with Crippen LogP contribution in [0.1, 0.15) is 67.6 Å². The van der Waals surface area contributed by atoms with Crippen LogP contribution < -0.4 is 9.46 Å². The number of esters is 1. The van der Waals surface area contributed by atoms with Crippen molar-refractivity contribution in [3.8, 4) is 5.75 Å². The van der Waals surface area contributed by atoms with E-state index in [0.29, 0.717) is 49.1 Å². The Morgan fingerprint density at radius 2 is 1.95 bits per heavy atom. The number of likely N-dealkylation sites (tertiary alicyclic amines) is 1. The molecular weight excluding hydrogens is 576 g/mol. The number of nitrogens with one attached hydrogen (secondary N) is 1. The highest BCUT2D eigenvalue weighted by molar-refractivity contribution is 7.90. The van der Waals surface area contributed by atoms with Gasteiger partial charge in [-0.1, -0.05) is 42.5 Å². The van der Waals surface area contributed by atoms with E-state index in [1.54, 1.807) is 30.3 Å². The highest BCUT2D eigenvalue weighted by atomic mass is 35.5. The molecule has 42 heavy (non-hydrogen) atoms. The molecule has 2 aromatic carbocycles. The maximum Gasteiger partial charge on any atom is 0.338 e. The van der Waals surface area contributed by atoms with Crippen molar-refractivity contribution in [3.63, 3.8) is 0 Å². The van der Waals surface area contributed by atoms with Gasteiger partial charge in [-0.25, -0.2) is 4.79 Å². The van der Waals surface area contributed by atoms with Gasteiger partial charge in [-0.3, -0.25) is 4.90 Å². The standard InChI is InChI=1S/C32H43ClN2O6S/c1-6-17-39-27-19-21(2)25(33)20-24(27)28(34-42(38)32(3,4)5)22-12-15-35(16-13-22)30(36)29-26(14-18-40-29)41-31(37)23-10-8-7-9-11-23/h6-11,19-20,22,26,28-30,34,36H,1,12-18H2,2-5H3/t26-,28+,29+,30?,42?/m0/s1. The maximum absolute atomic E-state index is 13.3. The first-order valence-electron chi connectivity index (χ1n) is 14.5. The first kappa shape index (κ1) is 32.8. The van der Waals surface area contributed by atoms with Crippen LogP contribution in [-0.2, 0) is 20.8 Å². The second-order valence-corrected chi connectivity index (χ2v) is 14.3. The van der Waals surface area contributed by atoms with Crippen molar-refractivity contribution in [2.45, 2.75) is 76.2 Å². The lowest BCUT2D eigenvalue weighted by molar-refractivity contribution is -0.127. The normalized spacial score (nSPS) is 22.4. The summed E-state index contributed by atoms with van der Waals surface area (Å²) in [5.41, 5.74) is 2.22. The Bertz CT molecular complexity index is 1200. The Hall–Kier alpha value is -2.11. The lowest BCUT2D eigenvalue weighted by Crippen LogP contribution is -2.52. The fraction of sp³-hybridized carbons (Fsp3) is 0.531. The number of hydrogen-bond donors (Lipinski definition) is 2. The van der Waals surface area contributed by atoms with Gasteiger partial charge in [0.15, 0.2) is 0 Å². The molecule has 0 aromatic heterocycles. The summed E-state index contributed by atoms with van der Waals surface area (Å²) in [5.74, 6) is 0.361. The molecule has 5 atom stereocenters. The van der Waals surface area contributed by atoms with Crippen molar-refractivity contribution in [3.05, 3.63) is 76.8 Å². The van der Waals surface area contributed by atoms with E-state index in [4.69, 9.17) is 25.8 Å². The monoisotopic (exact) mass is 618 g/mol. The molecule has 2 heterocycles. The minimum absolute atomic E-state index is 0.0980. The second-order valence-electron chi connectivity index (χ2n) is 11.9. The molecule has 2 aliphatic heterocycles. The highest BCUT2D eigenvalue weighted by Crippen LogP contribution is 2.40. The van der Waals surface area contributed by atoms with E-state index < -0.39 is 40.5 Å². The van der Waals surface area contributed by atoms with Crippen LogP contribution in [0.2, 0.25) is 5.02 Å². The molecule has 0 amide bonds. The molecule has 10 heteroatoms. The summed E-state index contributed by atoms with van der Waals surface area (Å²) in [7, 11) is 0. The van der Waals surface area contributed by atoms with E-state index in [9.17, 15) is 14.5 Å². The van der Waals surface area contributed by atoms with Crippen molar-refractivity contribution < 1.29 is 28.7 Å². The number of aliphatic hydroxyl groups is 1. The number of aliphatic hydroxyl groups excluding tert-OH is 1. The van der Waals surface area contributed by atoms with E-state index in [1.165, 1.54) is 0 Å². The zero-order valence-electron chi connectivity index (χ0n) is 24.9. The molecule has 2 aliphatic rings. The van der Waals surface area contributed by atoms with Crippen LogP contribution in [0.5, 0.6) is 5.75 Å². The molecule has 8 nitrogen and oxygen atoms in total. The molecule has 0 radical (unpaired) electrons. The fourth-order valence-electron chi connectivity index (χ4n) is 5.39. The zero-order valence-corrected chi connectivity index (χ0v) is 26.5. The number of piperidine rings is 1. The van der Waals surface area contributed by atoms with Gasteiger partial charge in [-0.2, -0.15) is 0 Å². The Morgan fingerprint density at radius 3 is 2.60 bits per heavy atom. The van der Waals surface area contributed by atoms with Gasteiger partial charge in [0.05, 0.1) is 18.2 Å². The first-order valence-corrected chi connectivity index (χ1v) is 16.0. The maximum atomic E-state index is 13.3. The van der Waals surface area contributed by atoms with Gasteiger partial charge in [0.25, 0.3) is 0 Å². The van der Waals surface area contributed by atoms with Crippen LogP contribution in [0, 0.1) is 12.8 Å². The van der Waals surface area contributed by atoms with Crippen molar-refractivity contribution >= 4 is 28.9 Å². The summed E-state index contributed by atoms with van der Waals surface area (Å²) in [6, 6.07) is 12.4. The number of benzene rings is 2. The van der Waals surface area contributed by atoms with Crippen LogP contribution in [0.4, 0.5) is 0 Å². The van der Waals surface area contributed by atoms with E-state index in [0.717, 1.165) is 24.0 Å². The largest absolute Gasteiger partial charge is 0.598 e. The quantitative estimate of drug-likeness (QED) is 0.197. The molecular formula is C32H43ClN2O6S. The SMILES string of the molecule is C=CCOc1cc(C)c(Cl)cc1[C@H](N[S+]([O-])C(C)(C)C)C1CCN(C(O)[C@@H]2OCC[C@@H]2OC(=O)c2ccccc2)CC1. The molecule has 2 aromatic rings. The van der Waals surface area contributed by atoms with Gasteiger partial charge in [-0.15, -0.1) is 4.72 Å². The molecule has 0 saturated carbocycles. The summed E-state index contributed by atoms with van der Waals surface area (Å²) in [5, 5.41) is 11.9. The Balaban J connectivity index is 1.48. The highest BCUT2D eigenvalue weighted by Gasteiger charge is 2.42. The number of nitrogens with zero attached hydrogens (tertiary/aromatic N) is 1. The predicted molar refractivity (Wildman–Crippen MR) is 166 cm³/mol. The van der Waals surface area contributed by atoms with Crippen molar-refractivity contribution in [2.24, 2.45) is 5.92 Å². The van der Waals surface area contributed by atoms with Crippen LogP contribution in [0.15, 0.2) is 55.1 Å². The zero-order chi connectivity index (χ0) is 30.4. The van der Waals surface area contributed by atoms with Crippen LogP contribution >= 0.6 is 11.6 Å². The topological polar surface area (TPSA) is 103 Å². The van der Waals surface area contributed by atoms with E-state index >= 15 is 0 Å². The third-order valence-electron chi connectivity index (χ3n) is 7.83. The Labute approximate surface area is 257 Å². The third-order valence-corrected chi connectivity index (χ3v) is 9.82. The smallest absolute Gasteiger partial charge is 0.338 e. The Morgan fingerprint density at radius 1 is 1.26 bits per heavy atom.